The van der Waals surface area contributed by atoms with E-state index in [4.69, 9.17) is 4.84 Å². The van der Waals surface area contributed by atoms with E-state index >= 15 is 0 Å². The molecular weight excluding hydrogens is 264 g/mol. The van der Waals surface area contributed by atoms with Crippen LogP contribution in [0.3, 0.4) is 0 Å². The molecule has 106 valence electrons. The van der Waals surface area contributed by atoms with Crippen LogP contribution in [-0.4, -0.2) is 11.6 Å². The van der Waals surface area contributed by atoms with E-state index in [0.29, 0.717) is 12.1 Å². The van der Waals surface area contributed by atoms with E-state index in [-0.39, 0.29) is 12.0 Å². The smallest absolute Gasteiger partial charge is 0.273 e. The first-order chi connectivity index (χ1) is 10.2. The van der Waals surface area contributed by atoms with Gasteiger partial charge in [-0.1, -0.05) is 53.7 Å². The molecule has 0 saturated heterocycles. The summed E-state index contributed by atoms with van der Waals surface area (Å²) in [6, 6.07) is 17.5. The maximum Gasteiger partial charge on any atom is 0.273 e. The van der Waals surface area contributed by atoms with Gasteiger partial charge in [-0.25, -0.2) is 0 Å². The fourth-order valence-electron chi connectivity index (χ4n) is 2.27. The summed E-state index contributed by atoms with van der Waals surface area (Å²) in [7, 11) is 0. The molecule has 0 aliphatic carbocycles. The number of amides is 1. The van der Waals surface area contributed by atoms with E-state index in [1.807, 2.05) is 61.5 Å². The fourth-order valence-corrected chi connectivity index (χ4v) is 2.27. The van der Waals surface area contributed by atoms with Crippen molar-refractivity contribution in [3.63, 3.8) is 0 Å². The molecule has 2 aromatic rings. The van der Waals surface area contributed by atoms with Gasteiger partial charge < -0.3 is 10.2 Å². The van der Waals surface area contributed by atoms with Crippen LogP contribution in [0.2, 0.25) is 0 Å². The quantitative estimate of drug-likeness (QED) is 0.936. The minimum absolute atomic E-state index is 0.177. The Morgan fingerprint density at radius 3 is 2.62 bits per heavy atom. The summed E-state index contributed by atoms with van der Waals surface area (Å²) < 4.78 is 0. The van der Waals surface area contributed by atoms with Crippen LogP contribution in [0.1, 0.15) is 23.7 Å². The number of carbonyl (C=O) groups is 1. The summed E-state index contributed by atoms with van der Waals surface area (Å²) in [5.74, 6) is -0.206. The molecule has 0 radical (unpaired) electrons. The van der Waals surface area contributed by atoms with Gasteiger partial charge in [0.15, 0.2) is 6.10 Å². The highest BCUT2D eigenvalue weighted by Gasteiger charge is 2.27. The third-order valence-corrected chi connectivity index (χ3v) is 3.50. The highest BCUT2D eigenvalue weighted by molar-refractivity contribution is 6.43. The minimum atomic E-state index is -0.206. The number of nitrogens with one attached hydrogen (secondary N) is 1. The molecule has 0 spiro atoms. The number of para-hydroxylation sites is 1. The van der Waals surface area contributed by atoms with Crippen LogP contribution in [0.4, 0.5) is 5.69 Å². The summed E-state index contributed by atoms with van der Waals surface area (Å²) in [5.41, 5.74) is 3.27. The zero-order valence-electron chi connectivity index (χ0n) is 11.7. The van der Waals surface area contributed by atoms with Crippen LogP contribution in [0.25, 0.3) is 0 Å². The first kappa shape index (κ1) is 13.4. The number of benzene rings is 2. The molecule has 0 fully saturated rings. The second-order valence-electron chi connectivity index (χ2n) is 5.02. The number of rotatable bonds is 3. The van der Waals surface area contributed by atoms with Gasteiger partial charge in [0.05, 0.1) is 0 Å². The molecule has 1 aliphatic heterocycles. The van der Waals surface area contributed by atoms with Gasteiger partial charge in [0.25, 0.3) is 5.91 Å². The number of anilines is 1. The van der Waals surface area contributed by atoms with Crippen molar-refractivity contribution < 1.29 is 9.63 Å². The lowest BCUT2D eigenvalue weighted by atomic mass is 10.0. The van der Waals surface area contributed by atoms with Crippen LogP contribution < -0.4 is 5.32 Å². The van der Waals surface area contributed by atoms with Crippen molar-refractivity contribution in [2.45, 2.75) is 19.4 Å². The Labute approximate surface area is 123 Å². The lowest BCUT2D eigenvalue weighted by Crippen LogP contribution is -2.22. The van der Waals surface area contributed by atoms with Gasteiger partial charge in [-0.05, 0) is 24.1 Å². The molecule has 4 heteroatoms. The number of hydrogen-bond donors (Lipinski definition) is 1. The van der Waals surface area contributed by atoms with Gasteiger partial charge in [0, 0.05) is 12.1 Å². The van der Waals surface area contributed by atoms with E-state index in [1.165, 1.54) is 0 Å². The monoisotopic (exact) mass is 280 g/mol. The number of carbonyl (C=O) groups excluding carboxylic acids is 1. The van der Waals surface area contributed by atoms with E-state index in [2.05, 4.69) is 10.5 Å². The Morgan fingerprint density at radius 1 is 1.14 bits per heavy atom. The van der Waals surface area contributed by atoms with E-state index in [9.17, 15) is 4.79 Å². The first-order valence-corrected chi connectivity index (χ1v) is 6.88. The molecule has 0 unspecified atom stereocenters. The molecule has 0 saturated carbocycles. The summed E-state index contributed by atoms with van der Waals surface area (Å²) in [4.78, 5) is 17.6. The predicted octanol–water partition coefficient (Wildman–Crippen LogP) is 3.45. The first-order valence-electron chi connectivity index (χ1n) is 6.88. The average Bonchev–Trinajstić information content (AvgIpc) is 3.00. The topological polar surface area (TPSA) is 50.7 Å². The third kappa shape index (κ3) is 2.94. The summed E-state index contributed by atoms with van der Waals surface area (Å²) >= 11 is 0. The van der Waals surface area contributed by atoms with Crippen LogP contribution in [0.5, 0.6) is 0 Å². The molecule has 1 aliphatic rings. The normalized spacial score (nSPS) is 17.0. The maximum absolute atomic E-state index is 12.2. The molecule has 3 rings (SSSR count). The molecule has 0 aromatic heterocycles. The van der Waals surface area contributed by atoms with Gasteiger partial charge in [0.2, 0.25) is 0 Å². The van der Waals surface area contributed by atoms with Gasteiger partial charge in [-0.15, -0.1) is 0 Å². The van der Waals surface area contributed by atoms with Crippen molar-refractivity contribution in [3.8, 4) is 0 Å². The molecule has 1 atom stereocenters. The Hall–Kier alpha value is -2.62. The highest BCUT2D eigenvalue weighted by atomic mass is 16.6. The molecule has 1 heterocycles. The minimum Gasteiger partial charge on any atom is -0.387 e. The van der Waals surface area contributed by atoms with E-state index < -0.39 is 0 Å². The van der Waals surface area contributed by atoms with Crippen molar-refractivity contribution in [1.29, 1.82) is 0 Å². The Morgan fingerprint density at radius 2 is 1.86 bits per heavy atom. The summed E-state index contributed by atoms with van der Waals surface area (Å²) in [5, 5.41) is 6.80. The number of hydrogen-bond acceptors (Lipinski definition) is 3. The molecule has 0 bridgehead atoms. The second kappa shape index (κ2) is 5.79. The molecule has 4 nitrogen and oxygen atoms in total. The molecule has 2 aromatic carbocycles. The van der Waals surface area contributed by atoms with Gasteiger partial charge in [-0.2, -0.15) is 0 Å². The zero-order chi connectivity index (χ0) is 14.7. The molecule has 21 heavy (non-hydrogen) atoms. The van der Waals surface area contributed by atoms with Crippen molar-refractivity contribution >= 4 is 17.3 Å². The van der Waals surface area contributed by atoms with Crippen LogP contribution in [-0.2, 0) is 9.63 Å². The standard InChI is InChI=1S/C17H16N2O2/c1-12-7-5-6-10-14(12)18-17(20)15-11-16(21-19-15)13-8-3-2-4-9-13/h2-10,16H,11H2,1H3,(H,18,20)/t16-/m1/s1. The van der Waals surface area contributed by atoms with Gasteiger partial charge >= 0.3 is 0 Å². The Kier molecular flexibility index (Phi) is 3.69. The molecule has 1 N–H and O–H groups in total. The van der Waals surface area contributed by atoms with E-state index in [0.717, 1.165) is 16.8 Å². The maximum atomic E-state index is 12.2. The van der Waals surface area contributed by atoms with Crippen LogP contribution in [0, 0.1) is 6.92 Å². The van der Waals surface area contributed by atoms with E-state index in [1.54, 1.807) is 0 Å². The SMILES string of the molecule is Cc1ccccc1NC(=O)C1=NO[C@@H](c2ccccc2)C1. The largest absolute Gasteiger partial charge is 0.387 e. The van der Waals surface area contributed by atoms with Crippen LogP contribution >= 0.6 is 0 Å². The summed E-state index contributed by atoms with van der Waals surface area (Å²) in [6.07, 6.45) is 0.311. The Bertz CT molecular complexity index is 680. The zero-order valence-corrected chi connectivity index (χ0v) is 11.7. The second-order valence-corrected chi connectivity index (χ2v) is 5.02. The van der Waals surface area contributed by atoms with Gasteiger partial charge in [-0.3, -0.25) is 4.79 Å². The van der Waals surface area contributed by atoms with Crippen molar-refractivity contribution in [2.75, 3.05) is 5.32 Å². The lowest BCUT2D eigenvalue weighted by molar-refractivity contribution is -0.110. The number of aryl methyl sites for hydroxylation is 1. The van der Waals surface area contributed by atoms with Crippen molar-refractivity contribution in [1.82, 2.24) is 0 Å². The third-order valence-electron chi connectivity index (χ3n) is 3.50. The Balaban J connectivity index is 1.66. The van der Waals surface area contributed by atoms with Crippen molar-refractivity contribution in [3.05, 3.63) is 65.7 Å². The average molecular weight is 280 g/mol. The fraction of sp³-hybridized carbons (Fsp3) is 0.176. The molecular formula is C17H16N2O2. The van der Waals surface area contributed by atoms with Gasteiger partial charge in [0.1, 0.15) is 5.71 Å². The highest BCUT2D eigenvalue weighted by Crippen LogP contribution is 2.27. The number of oxime groups is 1. The predicted molar refractivity (Wildman–Crippen MR) is 82.1 cm³/mol. The summed E-state index contributed by atoms with van der Waals surface area (Å²) in [6.45, 7) is 1.95. The lowest BCUT2D eigenvalue weighted by Gasteiger charge is -2.08. The van der Waals surface area contributed by atoms with Crippen molar-refractivity contribution in [2.24, 2.45) is 5.16 Å². The number of nitrogens with zero attached hydrogens (tertiary/aromatic N) is 1. The van der Waals surface area contributed by atoms with Crippen LogP contribution in [0.15, 0.2) is 59.8 Å². The molecule has 1 amide bonds.